The first-order chi connectivity index (χ1) is 13.2. The molecule has 0 aliphatic rings. The fourth-order valence-corrected chi connectivity index (χ4v) is 1.70. The predicted molar refractivity (Wildman–Crippen MR) is 109 cm³/mol. The molecular formula is C19H33BN2O6. The van der Waals surface area contributed by atoms with E-state index in [-0.39, 0.29) is 5.92 Å². The van der Waals surface area contributed by atoms with Crippen LogP contribution < -0.4 is 11.0 Å². The number of carbonyl (C=O) groups is 3. The molecule has 0 heterocycles. The van der Waals surface area contributed by atoms with Crippen molar-refractivity contribution < 1.29 is 29.2 Å². The number of hydrogen-bond donors (Lipinski definition) is 3. The predicted octanol–water partition coefficient (Wildman–Crippen LogP) is 1.86. The summed E-state index contributed by atoms with van der Waals surface area (Å²) >= 11 is 0. The Morgan fingerprint density at radius 1 is 1.18 bits per heavy atom. The second kappa shape index (κ2) is 19.5. The van der Waals surface area contributed by atoms with Crippen LogP contribution in [0.4, 0.5) is 0 Å². The average Bonchev–Trinajstić information content (AvgIpc) is 2.67. The van der Waals surface area contributed by atoms with Crippen molar-refractivity contribution in [3.05, 3.63) is 35.9 Å². The summed E-state index contributed by atoms with van der Waals surface area (Å²) in [5.74, 6) is -1.10. The quantitative estimate of drug-likeness (QED) is 0.200. The summed E-state index contributed by atoms with van der Waals surface area (Å²) < 4.78 is 0. The molecule has 158 valence electrons. The molecule has 0 aromatic heterocycles. The van der Waals surface area contributed by atoms with Crippen LogP contribution in [0.3, 0.4) is 0 Å². The molecule has 8 nitrogen and oxygen atoms in total. The number of carbonyl (C=O) groups excluding carboxylic acids is 3. The van der Waals surface area contributed by atoms with Crippen LogP contribution in [-0.2, 0) is 30.7 Å². The molecule has 0 fully saturated rings. The summed E-state index contributed by atoms with van der Waals surface area (Å²) in [5.41, 5.74) is 6.54. The second-order valence-electron chi connectivity index (χ2n) is 6.08. The number of unbranched alkanes of at least 4 members (excludes halogenated alkanes) is 1. The summed E-state index contributed by atoms with van der Waals surface area (Å²) in [7, 11) is -0.423. The van der Waals surface area contributed by atoms with Gasteiger partial charge in [0, 0.05) is 26.3 Å². The summed E-state index contributed by atoms with van der Waals surface area (Å²) in [5, 5.41) is 11.7. The van der Waals surface area contributed by atoms with E-state index < -0.39 is 19.0 Å². The van der Waals surface area contributed by atoms with Gasteiger partial charge in [-0.05, 0) is 31.8 Å². The highest BCUT2D eigenvalue weighted by Gasteiger charge is 2.01. The average molecular weight is 396 g/mol. The standard InChI is InChI=1S/C8H18BNO2.C7H9N.C4H6O4/c1-8(7-11)5-3-4-6-10-9(2)12;8-6-7-4-2-1-3-5-7;1-3(5)7-8-4(2)6/h7-8,10,12H,3-6H2,1-2H3;1-5H,6,8H2;1-2H3. The topological polar surface area (TPSA) is 128 Å². The van der Waals surface area contributed by atoms with Gasteiger partial charge in [-0.3, -0.25) is 0 Å². The van der Waals surface area contributed by atoms with E-state index in [0.717, 1.165) is 45.9 Å². The van der Waals surface area contributed by atoms with Crippen LogP contribution in [0.2, 0.25) is 6.82 Å². The lowest BCUT2D eigenvalue weighted by Crippen LogP contribution is -2.31. The molecule has 0 spiro atoms. The molecule has 1 aromatic rings. The molecule has 0 saturated heterocycles. The van der Waals surface area contributed by atoms with Crippen LogP contribution in [0.15, 0.2) is 30.3 Å². The molecule has 0 aliphatic carbocycles. The first-order valence-corrected chi connectivity index (χ1v) is 9.19. The van der Waals surface area contributed by atoms with Crippen molar-refractivity contribution in [1.29, 1.82) is 0 Å². The maximum Gasteiger partial charge on any atom is 0.373 e. The monoisotopic (exact) mass is 396 g/mol. The molecule has 1 rings (SSSR count). The van der Waals surface area contributed by atoms with Crippen LogP contribution >= 0.6 is 0 Å². The zero-order valence-corrected chi connectivity index (χ0v) is 17.2. The smallest absolute Gasteiger partial charge is 0.373 e. The maximum absolute atomic E-state index is 10.2. The van der Waals surface area contributed by atoms with Crippen LogP contribution in [0.25, 0.3) is 0 Å². The molecule has 28 heavy (non-hydrogen) atoms. The van der Waals surface area contributed by atoms with E-state index in [2.05, 4.69) is 15.0 Å². The summed E-state index contributed by atoms with van der Waals surface area (Å²) in [4.78, 5) is 37.5. The van der Waals surface area contributed by atoms with Gasteiger partial charge in [-0.2, -0.15) is 0 Å². The Bertz CT molecular complexity index is 514. The van der Waals surface area contributed by atoms with Crippen molar-refractivity contribution in [2.45, 2.75) is 53.4 Å². The Balaban J connectivity index is 0. The second-order valence-corrected chi connectivity index (χ2v) is 6.08. The fraction of sp³-hybridized carbons (Fsp3) is 0.526. The minimum atomic E-state index is -0.639. The number of rotatable bonds is 8. The largest absolute Gasteiger partial charge is 0.437 e. The van der Waals surface area contributed by atoms with Gasteiger partial charge in [0.05, 0.1) is 0 Å². The Hall–Kier alpha value is -2.23. The first-order valence-electron chi connectivity index (χ1n) is 9.19. The molecule has 1 unspecified atom stereocenters. The van der Waals surface area contributed by atoms with Gasteiger partial charge >= 0.3 is 19.0 Å². The van der Waals surface area contributed by atoms with Gasteiger partial charge in [0.2, 0.25) is 0 Å². The highest BCUT2D eigenvalue weighted by molar-refractivity contribution is 6.45. The molecule has 1 atom stereocenters. The normalized spacial score (nSPS) is 10.2. The van der Waals surface area contributed by atoms with Gasteiger partial charge in [-0.15, -0.1) is 0 Å². The lowest BCUT2D eigenvalue weighted by molar-refractivity contribution is -0.255. The molecule has 0 bridgehead atoms. The number of nitrogens with two attached hydrogens (primary N) is 1. The first kappa shape index (κ1) is 28.0. The lowest BCUT2D eigenvalue weighted by Gasteiger charge is -2.05. The summed E-state index contributed by atoms with van der Waals surface area (Å²) in [6, 6.07) is 9.99. The van der Waals surface area contributed by atoms with E-state index >= 15 is 0 Å². The van der Waals surface area contributed by atoms with E-state index in [0.29, 0.717) is 6.54 Å². The van der Waals surface area contributed by atoms with E-state index in [4.69, 9.17) is 10.8 Å². The summed E-state index contributed by atoms with van der Waals surface area (Å²) in [6.07, 6.45) is 4.00. The number of hydrogen-bond acceptors (Lipinski definition) is 8. The Kier molecular flexibility index (Phi) is 19.5. The van der Waals surface area contributed by atoms with Crippen molar-refractivity contribution in [2.24, 2.45) is 11.7 Å². The third-order valence-corrected chi connectivity index (χ3v) is 3.11. The molecule has 0 radical (unpaired) electrons. The zero-order chi connectivity index (χ0) is 21.8. The lowest BCUT2D eigenvalue weighted by atomic mass is 9.89. The zero-order valence-electron chi connectivity index (χ0n) is 17.2. The van der Waals surface area contributed by atoms with Crippen molar-refractivity contribution in [3.8, 4) is 0 Å². The third kappa shape index (κ3) is 23.8. The van der Waals surface area contributed by atoms with Crippen LogP contribution in [0.5, 0.6) is 0 Å². The van der Waals surface area contributed by atoms with Crippen molar-refractivity contribution in [1.82, 2.24) is 5.23 Å². The summed E-state index contributed by atoms with van der Waals surface area (Å²) in [6.45, 7) is 7.37. The minimum Gasteiger partial charge on any atom is -0.437 e. The van der Waals surface area contributed by atoms with Crippen LogP contribution in [-0.4, -0.2) is 36.8 Å². The van der Waals surface area contributed by atoms with Crippen LogP contribution in [0, 0.1) is 5.92 Å². The highest BCUT2D eigenvalue weighted by atomic mass is 17.2. The molecule has 0 amide bonds. The van der Waals surface area contributed by atoms with Gasteiger partial charge in [0.25, 0.3) is 0 Å². The third-order valence-electron chi connectivity index (χ3n) is 3.11. The molecule has 1 aromatic carbocycles. The molecule has 0 saturated carbocycles. The minimum absolute atomic E-state index is 0.177. The Morgan fingerprint density at radius 2 is 1.71 bits per heavy atom. The van der Waals surface area contributed by atoms with E-state index in [1.165, 1.54) is 5.56 Å². The van der Waals surface area contributed by atoms with Gasteiger partial charge in [-0.25, -0.2) is 19.4 Å². The number of aldehydes is 1. The number of benzene rings is 1. The van der Waals surface area contributed by atoms with Gasteiger partial charge in [0.15, 0.2) is 0 Å². The van der Waals surface area contributed by atoms with E-state index in [1.54, 1.807) is 6.82 Å². The Morgan fingerprint density at radius 3 is 2.07 bits per heavy atom. The van der Waals surface area contributed by atoms with Gasteiger partial charge in [-0.1, -0.05) is 43.7 Å². The molecule has 0 aliphatic heterocycles. The van der Waals surface area contributed by atoms with Crippen molar-refractivity contribution in [3.63, 3.8) is 0 Å². The fourth-order valence-electron chi connectivity index (χ4n) is 1.70. The van der Waals surface area contributed by atoms with Crippen molar-refractivity contribution in [2.75, 3.05) is 6.54 Å². The van der Waals surface area contributed by atoms with Crippen LogP contribution in [0.1, 0.15) is 45.6 Å². The Labute approximate surface area is 167 Å². The highest BCUT2D eigenvalue weighted by Crippen LogP contribution is 2.03. The SMILES string of the molecule is CB(O)NCCCCC(C)C=O.CC(=O)OOC(C)=O.NCc1ccccc1. The maximum atomic E-state index is 10.2. The van der Waals surface area contributed by atoms with E-state index in [9.17, 15) is 14.4 Å². The molecule has 9 heteroatoms. The van der Waals surface area contributed by atoms with Gasteiger partial charge in [0.1, 0.15) is 6.29 Å². The molecule has 4 N–H and O–H groups in total. The van der Waals surface area contributed by atoms with Crippen molar-refractivity contribution >= 4 is 25.3 Å². The molecular weight excluding hydrogens is 363 g/mol. The van der Waals surface area contributed by atoms with Gasteiger partial charge < -0.3 is 20.8 Å². The van der Waals surface area contributed by atoms with E-state index in [1.807, 2.05) is 37.3 Å². The number of nitrogens with one attached hydrogen (secondary N) is 1.